The predicted molar refractivity (Wildman–Crippen MR) is 93.6 cm³/mol. The lowest BCUT2D eigenvalue weighted by molar-refractivity contribution is -0.130. The van der Waals surface area contributed by atoms with Crippen molar-refractivity contribution in [1.29, 1.82) is 5.26 Å². The van der Waals surface area contributed by atoms with Crippen molar-refractivity contribution in [1.82, 2.24) is 5.32 Å². The molecular formula is C17H19IN2O3. The van der Waals surface area contributed by atoms with Gasteiger partial charge in [0.25, 0.3) is 5.91 Å². The lowest BCUT2D eigenvalue weighted by Gasteiger charge is -2.32. The Labute approximate surface area is 149 Å². The Morgan fingerprint density at radius 1 is 1.35 bits per heavy atom. The number of halogens is 1. The van der Waals surface area contributed by atoms with E-state index >= 15 is 0 Å². The van der Waals surface area contributed by atoms with E-state index in [0.717, 1.165) is 22.8 Å². The van der Waals surface area contributed by atoms with Crippen molar-refractivity contribution >= 4 is 34.5 Å². The average Bonchev–Trinajstić information content (AvgIpc) is 2.55. The maximum Gasteiger partial charge on any atom is 0.338 e. The van der Waals surface area contributed by atoms with Crippen LogP contribution in [0.4, 0.5) is 0 Å². The predicted octanol–water partition coefficient (Wildman–Crippen LogP) is 3.18. The van der Waals surface area contributed by atoms with Crippen LogP contribution in [0.1, 0.15) is 49.4 Å². The molecule has 0 aliphatic heterocycles. The summed E-state index contributed by atoms with van der Waals surface area (Å²) in [7, 11) is 0. The summed E-state index contributed by atoms with van der Waals surface area (Å²) in [6.45, 7) is 1.52. The SMILES string of the molecule is C[C@@H](OC(=O)c1cccc(I)c1)C(=O)NC1(C#N)CCCCC1. The molecule has 0 radical (unpaired) electrons. The molecule has 5 nitrogen and oxygen atoms in total. The molecule has 0 unspecified atom stereocenters. The summed E-state index contributed by atoms with van der Waals surface area (Å²) in [6.07, 6.45) is 3.28. The number of carbonyl (C=O) groups is 2. The highest BCUT2D eigenvalue weighted by Gasteiger charge is 2.35. The monoisotopic (exact) mass is 426 g/mol. The zero-order chi connectivity index (χ0) is 16.9. The number of ether oxygens (including phenoxy) is 1. The Kier molecular flexibility index (Phi) is 5.99. The van der Waals surface area contributed by atoms with Crippen molar-refractivity contribution in [3.8, 4) is 6.07 Å². The minimum absolute atomic E-state index is 0.407. The normalized spacial score (nSPS) is 17.6. The van der Waals surface area contributed by atoms with Gasteiger partial charge in [0, 0.05) is 3.57 Å². The maximum atomic E-state index is 12.3. The van der Waals surface area contributed by atoms with Gasteiger partial charge in [0.15, 0.2) is 6.10 Å². The van der Waals surface area contributed by atoms with E-state index in [2.05, 4.69) is 34.0 Å². The van der Waals surface area contributed by atoms with Crippen LogP contribution in [0.25, 0.3) is 0 Å². The van der Waals surface area contributed by atoms with Crippen LogP contribution in [0.15, 0.2) is 24.3 Å². The van der Waals surface area contributed by atoms with Gasteiger partial charge in [-0.3, -0.25) is 4.79 Å². The molecule has 23 heavy (non-hydrogen) atoms. The van der Waals surface area contributed by atoms with Gasteiger partial charge in [-0.2, -0.15) is 5.26 Å². The van der Waals surface area contributed by atoms with E-state index in [0.29, 0.717) is 18.4 Å². The van der Waals surface area contributed by atoms with E-state index in [1.165, 1.54) is 6.92 Å². The standard InChI is InChI=1S/C17H19IN2O3/c1-12(23-16(22)13-6-5-7-14(18)10-13)15(21)20-17(11-19)8-3-2-4-9-17/h5-7,10,12H,2-4,8-9H2,1H3,(H,20,21)/t12-/m1/s1. The fourth-order valence-electron chi connectivity index (χ4n) is 2.66. The number of hydrogen-bond donors (Lipinski definition) is 1. The number of esters is 1. The number of rotatable bonds is 4. The smallest absolute Gasteiger partial charge is 0.338 e. The largest absolute Gasteiger partial charge is 0.449 e. The number of nitrogens with zero attached hydrogens (tertiary/aromatic N) is 1. The molecule has 6 heteroatoms. The first-order valence-electron chi connectivity index (χ1n) is 7.66. The molecule has 1 saturated carbocycles. The minimum Gasteiger partial charge on any atom is -0.449 e. The van der Waals surface area contributed by atoms with Crippen molar-refractivity contribution in [2.24, 2.45) is 0 Å². The summed E-state index contributed by atoms with van der Waals surface area (Å²) in [5.41, 5.74) is -0.415. The van der Waals surface area contributed by atoms with Crippen LogP contribution in [0.3, 0.4) is 0 Å². The van der Waals surface area contributed by atoms with Crippen LogP contribution >= 0.6 is 22.6 Å². The van der Waals surface area contributed by atoms with E-state index < -0.39 is 23.5 Å². The first kappa shape index (κ1) is 17.7. The second-order valence-electron chi connectivity index (χ2n) is 5.80. The number of carbonyl (C=O) groups excluding carboxylic acids is 2. The molecule has 122 valence electrons. The topological polar surface area (TPSA) is 79.2 Å². The van der Waals surface area contributed by atoms with Gasteiger partial charge in [-0.15, -0.1) is 0 Å². The molecule has 0 saturated heterocycles. The molecule has 1 N–H and O–H groups in total. The fraction of sp³-hybridized carbons (Fsp3) is 0.471. The second kappa shape index (κ2) is 7.77. The Hall–Kier alpha value is -1.62. The highest BCUT2D eigenvalue weighted by Crippen LogP contribution is 2.27. The lowest BCUT2D eigenvalue weighted by atomic mass is 9.83. The van der Waals surface area contributed by atoms with Crippen LogP contribution < -0.4 is 5.32 Å². The number of nitriles is 1. The number of nitrogens with one attached hydrogen (secondary N) is 1. The third kappa shape index (κ3) is 4.67. The lowest BCUT2D eigenvalue weighted by Crippen LogP contribution is -2.52. The van der Waals surface area contributed by atoms with E-state index in [9.17, 15) is 14.9 Å². The molecule has 0 bridgehead atoms. The highest BCUT2D eigenvalue weighted by atomic mass is 127. The van der Waals surface area contributed by atoms with Crippen molar-refractivity contribution in [2.45, 2.75) is 50.7 Å². The maximum absolute atomic E-state index is 12.3. The summed E-state index contributed by atoms with van der Waals surface area (Å²) >= 11 is 2.11. The van der Waals surface area contributed by atoms with Gasteiger partial charge >= 0.3 is 5.97 Å². The Morgan fingerprint density at radius 2 is 2.04 bits per heavy atom. The van der Waals surface area contributed by atoms with Crippen molar-refractivity contribution < 1.29 is 14.3 Å². The molecule has 1 aliphatic rings. The number of benzene rings is 1. The molecule has 1 atom stereocenters. The van der Waals surface area contributed by atoms with Crippen LogP contribution in [-0.4, -0.2) is 23.5 Å². The Balaban J connectivity index is 1.97. The van der Waals surface area contributed by atoms with Gasteiger partial charge in [0.2, 0.25) is 0 Å². The molecule has 1 aromatic carbocycles. The van der Waals surface area contributed by atoms with Gasteiger partial charge in [-0.05, 0) is 60.6 Å². The van der Waals surface area contributed by atoms with Gasteiger partial charge in [-0.1, -0.05) is 25.3 Å². The third-order valence-electron chi connectivity index (χ3n) is 4.00. The second-order valence-corrected chi connectivity index (χ2v) is 7.05. The van der Waals surface area contributed by atoms with Crippen molar-refractivity contribution in [3.05, 3.63) is 33.4 Å². The van der Waals surface area contributed by atoms with Crippen LogP contribution in [0, 0.1) is 14.9 Å². The molecule has 0 heterocycles. The zero-order valence-electron chi connectivity index (χ0n) is 13.0. The molecule has 1 aromatic rings. The fourth-order valence-corrected chi connectivity index (χ4v) is 3.20. The summed E-state index contributed by atoms with van der Waals surface area (Å²) in [4.78, 5) is 24.4. The highest BCUT2D eigenvalue weighted by molar-refractivity contribution is 14.1. The Morgan fingerprint density at radius 3 is 2.65 bits per heavy atom. The summed E-state index contributed by atoms with van der Waals surface area (Å²) in [5.74, 6) is -0.965. The molecule has 2 rings (SSSR count). The number of amides is 1. The molecule has 1 fully saturated rings. The van der Waals surface area contributed by atoms with E-state index in [1.54, 1.807) is 18.2 Å². The average molecular weight is 426 g/mol. The molecule has 1 amide bonds. The molecule has 1 aliphatic carbocycles. The zero-order valence-corrected chi connectivity index (χ0v) is 15.1. The summed E-state index contributed by atoms with van der Waals surface area (Å²) in [5, 5.41) is 12.2. The molecular weight excluding hydrogens is 407 g/mol. The van der Waals surface area contributed by atoms with Gasteiger partial charge < -0.3 is 10.1 Å². The summed E-state index contributed by atoms with van der Waals surface area (Å²) < 4.78 is 6.14. The quantitative estimate of drug-likeness (QED) is 0.593. The third-order valence-corrected chi connectivity index (χ3v) is 4.67. The van der Waals surface area contributed by atoms with Gasteiger partial charge in [0.05, 0.1) is 11.6 Å². The van der Waals surface area contributed by atoms with E-state index in [4.69, 9.17) is 4.74 Å². The minimum atomic E-state index is -0.937. The van der Waals surface area contributed by atoms with Gasteiger partial charge in [-0.25, -0.2) is 4.79 Å². The van der Waals surface area contributed by atoms with Crippen LogP contribution in [-0.2, 0) is 9.53 Å². The molecule has 0 aromatic heterocycles. The molecule has 0 spiro atoms. The summed E-state index contributed by atoms with van der Waals surface area (Å²) in [6, 6.07) is 9.20. The van der Waals surface area contributed by atoms with Crippen LogP contribution in [0.2, 0.25) is 0 Å². The van der Waals surface area contributed by atoms with E-state index in [1.807, 2.05) is 6.07 Å². The van der Waals surface area contributed by atoms with Crippen LogP contribution in [0.5, 0.6) is 0 Å². The Bertz CT molecular complexity index is 633. The van der Waals surface area contributed by atoms with Crippen molar-refractivity contribution in [2.75, 3.05) is 0 Å². The number of hydrogen-bond acceptors (Lipinski definition) is 4. The van der Waals surface area contributed by atoms with E-state index in [-0.39, 0.29) is 0 Å². The van der Waals surface area contributed by atoms with Crippen molar-refractivity contribution in [3.63, 3.8) is 0 Å². The first-order valence-corrected chi connectivity index (χ1v) is 8.73. The first-order chi connectivity index (χ1) is 11.0. The van der Waals surface area contributed by atoms with Gasteiger partial charge in [0.1, 0.15) is 5.54 Å².